The number of hydrogen-bond acceptors (Lipinski definition) is 6. The molecule has 1 aromatic heterocycles. The van der Waals surface area contributed by atoms with Gasteiger partial charge in [-0.05, 0) is 88.7 Å². The van der Waals surface area contributed by atoms with Crippen molar-refractivity contribution in [3.8, 4) is 0 Å². The Hall–Kier alpha value is -2.46. The van der Waals surface area contributed by atoms with E-state index in [1.807, 2.05) is 32.8 Å². The maximum Gasteiger partial charge on any atom is 0.333 e. The van der Waals surface area contributed by atoms with Gasteiger partial charge in [-0.15, -0.1) is 5.10 Å². The van der Waals surface area contributed by atoms with Crippen LogP contribution in [-0.4, -0.2) is 48.2 Å². The van der Waals surface area contributed by atoms with Crippen molar-refractivity contribution < 1.29 is 13.2 Å². The molecule has 0 saturated carbocycles. The molecule has 1 heterocycles. The van der Waals surface area contributed by atoms with Crippen LogP contribution in [0.5, 0.6) is 0 Å². The largest absolute Gasteiger partial charge is 0.333 e. The van der Waals surface area contributed by atoms with Gasteiger partial charge in [-0.25, -0.2) is 14.2 Å². The lowest BCUT2D eigenvalue weighted by atomic mass is 9.99. The van der Waals surface area contributed by atoms with Gasteiger partial charge in [0.15, 0.2) is 0 Å². The molecule has 0 spiro atoms. The third-order valence-corrected chi connectivity index (χ3v) is 6.92. The molecule has 2 aliphatic rings. The molecule has 0 radical (unpaired) electrons. The summed E-state index contributed by atoms with van der Waals surface area (Å²) in [6, 6.07) is 1.43. The predicted octanol–water partition coefficient (Wildman–Crippen LogP) is 2.41. The monoisotopic (exact) mass is 446 g/mol. The maximum atomic E-state index is 12.9. The molecular formula is C21H30N6O3S. The fourth-order valence-corrected chi connectivity index (χ4v) is 5.33. The molecule has 31 heavy (non-hydrogen) atoms. The van der Waals surface area contributed by atoms with Gasteiger partial charge in [0.05, 0.1) is 6.54 Å². The Balaban J connectivity index is 1.57. The van der Waals surface area contributed by atoms with Crippen LogP contribution < -0.4 is 10.0 Å². The van der Waals surface area contributed by atoms with Crippen LogP contribution in [0.2, 0.25) is 0 Å². The highest BCUT2D eigenvalue weighted by molar-refractivity contribution is 7.89. The highest BCUT2D eigenvalue weighted by Gasteiger charge is 2.29. The van der Waals surface area contributed by atoms with E-state index in [-0.39, 0.29) is 6.04 Å². The first kappa shape index (κ1) is 21.8. The van der Waals surface area contributed by atoms with Crippen LogP contribution in [0, 0.1) is 0 Å². The second-order valence-electron chi connectivity index (χ2n) is 8.88. The molecule has 1 aromatic carbocycles. The minimum atomic E-state index is -4.20. The zero-order valence-corrected chi connectivity index (χ0v) is 19.3. The van der Waals surface area contributed by atoms with Gasteiger partial charge in [-0.3, -0.25) is 0 Å². The van der Waals surface area contributed by atoms with E-state index in [2.05, 4.69) is 26.2 Å². The van der Waals surface area contributed by atoms with Crippen LogP contribution >= 0.6 is 0 Å². The lowest BCUT2D eigenvalue weighted by molar-refractivity contribution is 0.256. The molecule has 0 atom stereocenters. The van der Waals surface area contributed by atoms with Crippen molar-refractivity contribution in [2.24, 2.45) is 0 Å². The molecule has 2 amide bonds. The Bertz CT molecular complexity index is 1090. The van der Waals surface area contributed by atoms with Gasteiger partial charge in [0, 0.05) is 11.7 Å². The molecule has 2 aliphatic carbocycles. The standard InChI is InChI=1S/C21H30N6O3S/c1-13(2)27-18(12-26(3)4)22-21(24-27)31(29,30)25-20(28)23-19-16-9-5-7-14(16)11-15-8-6-10-17(15)19/h11,13H,5-10,12H2,1-4H3,(H2,23,25,28). The molecule has 2 aromatic rings. The molecule has 0 aliphatic heterocycles. The Labute approximate surface area is 183 Å². The van der Waals surface area contributed by atoms with Crippen molar-refractivity contribution in [1.29, 1.82) is 0 Å². The maximum absolute atomic E-state index is 12.9. The van der Waals surface area contributed by atoms with E-state index in [1.165, 1.54) is 11.1 Å². The summed E-state index contributed by atoms with van der Waals surface area (Å²) in [5.74, 6) is 0.527. The SMILES string of the molecule is CC(C)n1nc(S(=O)(=O)NC(=O)Nc2c3c(cc4c2CCC4)CCC3)nc1CN(C)C. The molecule has 10 heteroatoms. The van der Waals surface area contributed by atoms with Crippen molar-refractivity contribution in [3.63, 3.8) is 0 Å². The first-order valence-electron chi connectivity index (χ1n) is 10.8. The molecule has 0 fully saturated rings. The number of carbonyl (C=O) groups excluding carboxylic acids is 1. The normalized spacial score (nSPS) is 15.4. The summed E-state index contributed by atoms with van der Waals surface area (Å²) in [6.45, 7) is 4.25. The van der Waals surface area contributed by atoms with E-state index in [1.54, 1.807) is 4.68 Å². The van der Waals surface area contributed by atoms with E-state index in [0.717, 1.165) is 55.3 Å². The van der Waals surface area contributed by atoms with Crippen LogP contribution in [0.1, 0.15) is 60.8 Å². The lowest BCUT2D eigenvalue weighted by Gasteiger charge is -2.16. The minimum absolute atomic E-state index is 0.0604. The van der Waals surface area contributed by atoms with Crippen molar-refractivity contribution >= 4 is 21.7 Å². The van der Waals surface area contributed by atoms with Gasteiger partial charge in [-0.1, -0.05) is 6.07 Å². The summed E-state index contributed by atoms with van der Waals surface area (Å²) in [7, 11) is -0.460. The predicted molar refractivity (Wildman–Crippen MR) is 118 cm³/mol. The number of nitrogens with zero attached hydrogens (tertiary/aromatic N) is 4. The first-order valence-corrected chi connectivity index (χ1v) is 12.2. The summed E-state index contributed by atoms with van der Waals surface area (Å²) in [5, 5.41) is 6.61. The summed E-state index contributed by atoms with van der Waals surface area (Å²) >= 11 is 0. The van der Waals surface area contributed by atoms with E-state index in [0.29, 0.717) is 12.4 Å². The summed E-state index contributed by atoms with van der Waals surface area (Å²) < 4.78 is 29.4. The smallest absolute Gasteiger partial charge is 0.307 e. The number of urea groups is 1. The molecule has 2 N–H and O–H groups in total. The molecule has 4 rings (SSSR count). The summed E-state index contributed by atoms with van der Waals surface area (Å²) in [6.07, 6.45) is 5.92. The number of fused-ring (bicyclic) bond motifs is 2. The molecule has 0 unspecified atom stereocenters. The van der Waals surface area contributed by atoms with Gasteiger partial charge in [0.2, 0.25) is 0 Å². The van der Waals surface area contributed by atoms with Gasteiger partial charge < -0.3 is 10.2 Å². The summed E-state index contributed by atoms with van der Waals surface area (Å²) in [5.41, 5.74) is 5.62. The zero-order chi connectivity index (χ0) is 22.3. The highest BCUT2D eigenvalue weighted by Crippen LogP contribution is 2.38. The fourth-order valence-electron chi connectivity index (χ4n) is 4.53. The number of amides is 2. The highest BCUT2D eigenvalue weighted by atomic mass is 32.2. The summed E-state index contributed by atoms with van der Waals surface area (Å²) in [4.78, 5) is 18.8. The van der Waals surface area contributed by atoms with Gasteiger partial charge in [0.25, 0.3) is 5.16 Å². The van der Waals surface area contributed by atoms with E-state index >= 15 is 0 Å². The van der Waals surface area contributed by atoms with Crippen LogP contribution in [0.4, 0.5) is 10.5 Å². The fraction of sp³-hybridized carbons (Fsp3) is 0.571. The van der Waals surface area contributed by atoms with Crippen LogP contribution in [0.25, 0.3) is 0 Å². The second-order valence-corrected chi connectivity index (χ2v) is 10.5. The minimum Gasteiger partial charge on any atom is -0.307 e. The number of hydrogen-bond donors (Lipinski definition) is 2. The second kappa shape index (κ2) is 8.23. The first-order chi connectivity index (χ1) is 14.7. The third kappa shape index (κ3) is 4.31. The van der Waals surface area contributed by atoms with Crippen molar-refractivity contribution in [2.45, 2.75) is 70.1 Å². The number of aryl methyl sites for hydroxylation is 2. The van der Waals surface area contributed by atoms with Gasteiger partial charge in [-0.2, -0.15) is 13.4 Å². The molecule has 168 valence electrons. The Morgan fingerprint density at radius 1 is 1.13 bits per heavy atom. The van der Waals surface area contributed by atoms with Crippen LogP contribution in [0.3, 0.4) is 0 Å². The molecule has 0 bridgehead atoms. The molecule has 0 saturated heterocycles. The number of aromatic nitrogens is 3. The Morgan fingerprint density at radius 2 is 1.74 bits per heavy atom. The van der Waals surface area contributed by atoms with Crippen molar-refractivity contribution in [3.05, 3.63) is 34.1 Å². The molecular weight excluding hydrogens is 416 g/mol. The average molecular weight is 447 g/mol. The van der Waals surface area contributed by atoms with Gasteiger partial charge >= 0.3 is 16.1 Å². The Morgan fingerprint density at radius 3 is 2.29 bits per heavy atom. The van der Waals surface area contributed by atoms with E-state index < -0.39 is 21.2 Å². The van der Waals surface area contributed by atoms with Gasteiger partial charge in [0.1, 0.15) is 5.82 Å². The van der Waals surface area contributed by atoms with Crippen LogP contribution in [-0.2, 0) is 42.3 Å². The number of nitrogens with one attached hydrogen (secondary N) is 2. The topological polar surface area (TPSA) is 109 Å². The number of rotatable bonds is 6. The number of sulfonamides is 1. The van der Waals surface area contributed by atoms with Crippen molar-refractivity contribution in [1.82, 2.24) is 24.4 Å². The third-order valence-electron chi connectivity index (χ3n) is 5.81. The Kier molecular flexibility index (Phi) is 5.78. The van der Waals surface area contributed by atoms with Crippen LogP contribution in [0.15, 0.2) is 11.2 Å². The average Bonchev–Trinajstić information content (AvgIpc) is 3.39. The van der Waals surface area contributed by atoms with E-state index in [9.17, 15) is 13.2 Å². The zero-order valence-electron chi connectivity index (χ0n) is 18.5. The number of anilines is 1. The quantitative estimate of drug-likeness (QED) is 0.705. The number of benzene rings is 1. The van der Waals surface area contributed by atoms with E-state index in [4.69, 9.17) is 0 Å². The lowest BCUT2D eigenvalue weighted by Crippen LogP contribution is -2.35. The molecule has 9 nitrogen and oxygen atoms in total. The van der Waals surface area contributed by atoms with Crippen molar-refractivity contribution in [2.75, 3.05) is 19.4 Å². The number of carbonyl (C=O) groups is 1.